The van der Waals surface area contributed by atoms with Gasteiger partial charge in [-0.2, -0.15) is 0 Å². The Kier molecular flexibility index (Phi) is 3.09. The van der Waals surface area contributed by atoms with Crippen molar-refractivity contribution in [1.82, 2.24) is 4.90 Å². The van der Waals surface area contributed by atoms with Crippen LogP contribution in [0.4, 0.5) is 0 Å². The zero-order valence-corrected chi connectivity index (χ0v) is 7.33. The molecule has 1 amide bonds. The number of carbonyl (C=O) groups is 1. The smallest absolute Gasteiger partial charge is 0.223 e. The molecule has 0 N–H and O–H groups in total. The van der Waals surface area contributed by atoms with E-state index in [0.29, 0.717) is 6.42 Å². The van der Waals surface area contributed by atoms with E-state index in [-0.39, 0.29) is 11.9 Å². The van der Waals surface area contributed by atoms with Gasteiger partial charge in [0.25, 0.3) is 0 Å². The molecular weight excluding hydrogens is 150 g/mol. The number of hydrogen-bond donors (Lipinski definition) is 0. The van der Waals surface area contributed by atoms with Crippen LogP contribution in [0, 0.1) is 0 Å². The van der Waals surface area contributed by atoms with Crippen LogP contribution in [0.5, 0.6) is 0 Å². The van der Waals surface area contributed by atoms with Crippen molar-refractivity contribution in [3.63, 3.8) is 0 Å². The molecule has 0 aromatic heterocycles. The van der Waals surface area contributed by atoms with Gasteiger partial charge in [-0.05, 0) is 12.8 Å². The zero-order valence-electron chi connectivity index (χ0n) is 7.33. The molecule has 0 saturated carbocycles. The maximum Gasteiger partial charge on any atom is 0.223 e. The Balaban J connectivity index is 2.51. The first-order valence-corrected chi connectivity index (χ1v) is 4.32. The van der Waals surface area contributed by atoms with Crippen LogP contribution in [-0.2, 0) is 4.79 Å². The number of likely N-dealkylation sites (tertiary alicyclic amines) is 1. The highest BCUT2D eigenvalue weighted by molar-refractivity contribution is 5.79. The number of carbonyl (C=O) groups excluding carboxylic acids is 1. The molecule has 0 bridgehead atoms. The second-order valence-corrected chi connectivity index (χ2v) is 3.01. The summed E-state index contributed by atoms with van der Waals surface area (Å²) in [4.78, 5) is 13.2. The summed E-state index contributed by atoms with van der Waals surface area (Å²) in [5.74, 6) is 0.252. The van der Waals surface area contributed by atoms with Crippen LogP contribution in [-0.4, -0.2) is 23.4 Å². The van der Waals surface area contributed by atoms with Crippen LogP contribution in [0.25, 0.3) is 0 Å². The number of nitrogens with zero attached hydrogens (tertiary/aromatic N) is 1. The Morgan fingerprint density at radius 2 is 2.33 bits per heavy atom. The summed E-state index contributed by atoms with van der Waals surface area (Å²) in [7, 11) is 0. The Labute approximate surface area is 73.6 Å². The van der Waals surface area contributed by atoms with Crippen LogP contribution < -0.4 is 0 Å². The predicted molar refractivity (Wildman–Crippen MR) is 49.7 cm³/mol. The van der Waals surface area contributed by atoms with Gasteiger partial charge in [0.2, 0.25) is 5.91 Å². The van der Waals surface area contributed by atoms with Gasteiger partial charge in [0.05, 0.1) is 6.04 Å². The molecule has 1 unspecified atom stereocenters. The summed E-state index contributed by atoms with van der Waals surface area (Å²) in [6.07, 6.45) is 6.17. The molecule has 0 aromatic rings. The van der Waals surface area contributed by atoms with E-state index >= 15 is 0 Å². The van der Waals surface area contributed by atoms with Gasteiger partial charge in [0, 0.05) is 13.0 Å². The summed E-state index contributed by atoms with van der Waals surface area (Å²) in [5, 5.41) is 0. The molecule has 1 fully saturated rings. The molecule has 1 saturated heterocycles. The van der Waals surface area contributed by atoms with Crippen molar-refractivity contribution in [3.05, 3.63) is 25.3 Å². The summed E-state index contributed by atoms with van der Waals surface area (Å²) in [6, 6.07) is 0.262. The zero-order chi connectivity index (χ0) is 8.97. The van der Waals surface area contributed by atoms with E-state index in [2.05, 4.69) is 13.2 Å². The van der Waals surface area contributed by atoms with Crippen molar-refractivity contribution in [3.8, 4) is 0 Å². The maximum absolute atomic E-state index is 11.3. The molecule has 0 radical (unpaired) electrons. The van der Waals surface area contributed by atoms with Crippen molar-refractivity contribution in [2.75, 3.05) is 6.54 Å². The Hall–Kier alpha value is -1.05. The van der Waals surface area contributed by atoms with Gasteiger partial charge >= 0.3 is 0 Å². The molecule has 1 atom stereocenters. The van der Waals surface area contributed by atoms with E-state index in [1.807, 2.05) is 17.1 Å². The molecule has 1 aliphatic rings. The minimum absolute atomic E-state index is 0.252. The Morgan fingerprint density at radius 3 is 2.92 bits per heavy atom. The van der Waals surface area contributed by atoms with Crippen LogP contribution in [0.2, 0.25) is 0 Å². The van der Waals surface area contributed by atoms with Crippen molar-refractivity contribution >= 4 is 5.91 Å². The van der Waals surface area contributed by atoms with Crippen LogP contribution in [0.1, 0.15) is 19.3 Å². The monoisotopic (exact) mass is 165 g/mol. The summed E-state index contributed by atoms with van der Waals surface area (Å²) >= 11 is 0. The molecule has 12 heavy (non-hydrogen) atoms. The average Bonchev–Trinajstić information content (AvgIpc) is 2.43. The van der Waals surface area contributed by atoms with Crippen molar-refractivity contribution in [2.45, 2.75) is 25.3 Å². The van der Waals surface area contributed by atoms with Gasteiger partial charge in [-0.3, -0.25) is 4.79 Å². The number of rotatable bonds is 4. The Bertz CT molecular complexity index is 198. The van der Waals surface area contributed by atoms with Crippen molar-refractivity contribution in [1.29, 1.82) is 0 Å². The van der Waals surface area contributed by atoms with E-state index in [4.69, 9.17) is 0 Å². The van der Waals surface area contributed by atoms with E-state index in [1.54, 1.807) is 0 Å². The first-order chi connectivity index (χ1) is 5.79. The quantitative estimate of drug-likeness (QED) is 0.581. The SMILES string of the molecule is C=CCCN1C(=O)CCC1C=C. The molecule has 1 rings (SSSR count). The van der Waals surface area contributed by atoms with Crippen LogP contribution in [0.3, 0.4) is 0 Å². The third-order valence-corrected chi connectivity index (χ3v) is 2.22. The van der Waals surface area contributed by atoms with Crippen LogP contribution >= 0.6 is 0 Å². The number of amides is 1. The molecule has 1 aliphatic heterocycles. The second kappa shape index (κ2) is 4.10. The van der Waals surface area contributed by atoms with Gasteiger partial charge in [0.15, 0.2) is 0 Å². The lowest BCUT2D eigenvalue weighted by atomic mass is 10.2. The summed E-state index contributed by atoms with van der Waals surface area (Å²) in [6.45, 7) is 8.14. The lowest BCUT2D eigenvalue weighted by Gasteiger charge is -2.21. The fourth-order valence-corrected chi connectivity index (χ4v) is 1.52. The molecule has 0 aromatic carbocycles. The molecular formula is C10H15NO. The molecule has 0 aliphatic carbocycles. The van der Waals surface area contributed by atoms with E-state index < -0.39 is 0 Å². The summed E-state index contributed by atoms with van der Waals surface area (Å²) < 4.78 is 0. The third-order valence-electron chi connectivity index (χ3n) is 2.22. The second-order valence-electron chi connectivity index (χ2n) is 3.01. The molecule has 1 heterocycles. The van der Waals surface area contributed by atoms with Gasteiger partial charge in [0.1, 0.15) is 0 Å². The van der Waals surface area contributed by atoms with E-state index in [9.17, 15) is 4.79 Å². The van der Waals surface area contributed by atoms with E-state index in [1.165, 1.54) is 0 Å². The number of hydrogen-bond acceptors (Lipinski definition) is 1. The first-order valence-electron chi connectivity index (χ1n) is 4.32. The third kappa shape index (κ3) is 1.76. The van der Waals surface area contributed by atoms with E-state index in [0.717, 1.165) is 19.4 Å². The highest BCUT2D eigenvalue weighted by Gasteiger charge is 2.27. The highest BCUT2D eigenvalue weighted by Crippen LogP contribution is 2.19. The maximum atomic E-state index is 11.3. The molecule has 0 spiro atoms. The lowest BCUT2D eigenvalue weighted by Crippen LogP contribution is -2.32. The standard InChI is InChI=1S/C10H15NO/c1-3-5-8-11-9(4-2)6-7-10(11)12/h3-4,9H,1-2,5-8H2. The molecule has 2 nitrogen and oxygen atoms in total. The van der Waals surface area contributed by atoms with Crippen molar-refractivity contribution in [2.24, 2.45) is 0 Å². The summed E-state index contributed by atoms with van der Waals surface area (Å²) in [5.41, 5.74) is 0. The topological polar surface area (TPSA) is 20.3 Å². The molecule has 2 heteroatoms. The highest BCUT2D eigenvalue weighted by atomic mass is 16.2. The van der Waals surface area contributed by atoms with Gasteiger partial charge in [-0.25, -0.2) is 0 Å². The average molecular weight is 165 g/mol. The normalized spacial score (nSPS) is 22.8. The van der Waals surface area contributed by atoms with Crippen LogP contribution in [0.15, 0.2) is 25.3 Å². The minimum atomic E-state index is 0.252. The first kappa shape index (κ1) is 9.04. The lowest BCUT2D eigenvalue weighted by molar-refractivity contribution is -0.128. The Morgan fingerprint density at radius 1 is 1.58 bits per heavy atom. The fourth-order valence-electron chi connectivity index (χ4n) is 1.52. The fraction of sp³-hybridized carbons (Fsp3) is 0.500. The predicted octanol–water partition coefficient (Wildman–Crippen LogP) is 1.74. The van der Waals surface area contributed by atoms with Gasteiger partial charge in [-0.15, -0.1) is 13.2 Å². The van der Waals surface area contributed by atoms with Gasteiger partial charge < -0.3 is 4.90 Å². The minimum Gasteiger partial charge on any atom is -0.336 e. The largest absolute Gasteiger partial charge is 0.336 e. The molecule has 66 valence electrons. The van der Waals surface area contributed by atoms with Crippen molar-refractivity contribution < 1.29 is 4.79 Å². The van der Waals surface area contributed by atoms with Gasteiger partial charge in [-0.1, -0.05) is 12.2 Å².